The molecule has 2 aromatic rings. The first-order valence-corrected chi connectivity index (χ1v) is 8.83. The van der Waals surface area contributed by atoms with Gasteiger partial charge in [0.2, 0.25) is 11.8 Å². The number of hydrogen-bond donors (Lipinski definition) is 4. The number of amides is 2. The molecule has 1 aliphatic heterocycles. The molecule has 1 atom stereocenters. The van der Waals surface area contributed by atoms with Crippen LogP contribution in [0.3, 0.4) is 0 Å². The molecule has 0 saturated carbocycles. The number of carbonyl (C=O) groups is 3. The van der Waals surface area contributed by atoms with Gasteiger partial charge in [0.1, 0.15) is 12.4 Å². The Balaban J connectivity index is 1.56. The van der Waals surface area contributed by atoms with E-state index in [-0.39, 0.29) is 25.4 Å². The summed E-state index contributed by atoms with van der Waals surface area (Å²) in [6.07, 6.45) is 0.250. The van der Waals surface area contributed by atoms with Crippen molar-refractivity contribution in [2.24, 2.45) is 5.73 Å². The van der Waals surface area contributed by atoms with Gasteiger partial charge in [-0.2, -0.15) is 0 Å². The number of hydrogen-bond acceptors (Lipinski definition) is 5. The number of benzene rings is 2. The Morgan fingerprint density at radius 3 is 2.86 bits per heavy atom. The van der Waals surface area contributed by atoms with E-state index in [1.54, 1.807) is 24.3 Å². The lowest BCUT2D eigenvalue weighted by atomic mass is 10.1. The van der Waals surface area contributed by atoms with Crippen molar-refractivity contribution < 1.29 is 24.2 Å². The number of rotatable bonds is 8. The summed E-state index contributed by atoms with van der Waals surface area (Å²) in [6, 6.07) is 11.7. The van der Waals surface area contributed by atoms with Crippen LogP contribution in [0.25, 0.3) is 0 Å². The lowest BCUT2D eigenvalue weighted by molar-refractivity contribution is -0.137. The van der Waals surface area contributed by atoms with E-state index < -0.39 is 17.9 Å². The van der Waals surface area contributed by atoms with Crippen LogP contribution >= 0.6 is 0 Å². The molecule has 146 valence electrons. The van der Waals surface area contributed by atoms with Crippen LogP contribution < -0.4 is 21.1 Å². The number of nitrogens with two attached hydrogens (primary N) is 1. The number of fused-ring (bicyclic) bond motifs is 1. The zero-order chi connectivity index (χ0) is 20.1. The van der Waals surface area contributed by atoms with Gasteiger partial charge in [-0.05, 0) is 47.9 Å². The second-order valence-corrected chi connectivity index (χ2v) is 6.56. The maximum atomic E-state index is 12.1. The third-order valence-corrected chi connectivity index (χ3v) is 4.31. The first-order chi connectivity index (χ1) is 13.4. The monoisotopic (exact) mass is 383 g/mol. The number of carboxylic acids is 1. The summed E-state index contributed by atoms with van der Waals surface area (Å²) in [7, 11) is 0. The third kappa shape index (κ3) is 5.08. The largest absolute Gasteiger partial charge is 0.489 e. The van der Waals surface area contributed by atoms with Crippen molar-refractivity contribution in [3.05, 3.63) is 53.6 Å². The average molecular weight is 383 g/mol. The molecular weight excluding hydrogens is 362 g/mol. The predicted octanol–water partition coefficient (Wildman–Crippen LogP) is 1.89. The Morgan fingerprint density at radius 1 is 1.25 bits per heavy atom. The molecule has 1 aliphatic rings. The molecule has 5 N–H and O–H groups in total. The van der Waals surface area contributed by atoms with Gasteiger partial charge in [-0.25, -0.2) is 0 Å². The quantitative estimate of drug-likeness (QED) is 0.551. The van der Waals surface area contributed by atoms with E-state index >= 15 is 0 Å². The van der Waals surface area contributed by atoms with Crippen LogP contribution in [0.5, 0.6) is 5.75 Å². The molecule has 0 spiro atoms. The summed E-state index contributed by atoms with van der Waals surface area (Å²) in [5, 5.41) is 14.1. The average Bonchev–Trinajstić information content (AvgIpc) is 3.03. The van der Waals surface area contributed by atoms with Gasteiger partial charge in [-0.15, -0.1) is 0 Å². The minimum atomic E-state index is -0.992. The second-order valence-electron chi connectivity index (χ2n) is 6.56. The van der Waals surface area contributed by atoms with Crippen molar-refractivity contribution in [1.82, 2.24) is 0 Å². The standard InChI is InChI=1S/C20H21N3O5/c21-16(5-7-19(25)26)20(27)22-14-3-1-2-12(8-14)11-28-15-4-6-17-13(9-15)10-18(24)23-17/h1-4,6,8-9,16H,5,7,10-11,21H2,(H,22,27)(H,23,24)(H,25,26)/t16-/m0/s1. The second kappa shape index (κ2) is 8.53. The molecule has 3 rings (SSSR count). The highest BCUT2D eigenvalue weighted by atomic mass is 16.5. The van der Waals surface area contributed by atoms with Gasteiger partial charge in [0.15, 0.2) is 0 Å². The van der Waals surface area contributed by atoms with Crippen LogP contribution in [0.4, 0.5) is 11.4 Å². The molecule has 0 bridgehead atoms. The Labute approximate surface area is 161 Å². The number of aliphatic carboxylic acids is 1. The zero-order valence-electron chi connectivity index (χ0n) is 15.1. The van der Waals surface area contributed by atoms with Crippen LogP contribution in [0, 0.1) is 0 Å². The fraction of sp³-hybridized carbons (Fsp3) is 0.250. The Morgan fingerprint density at radius 2 is 2.07 bits per heavy atom. The van der Waals surface area contributed by atoms with Gasteiger partial charge in [-0.3, -0.25) is 14.4 Å². The summed E-state index contributed by atoms with van der Waals surface area (Å²) in [4.78, 5) is 34.0. The van der Waals surface area contributed by atoms with Crippen LogP contribution in [0.1, 0.15) is 24.0 Å². The normalized spacial score (nSPS) is 13.4. The van der Waals surface area contributed by atoms with Gasteiger partial charge in [0, 0.05) is 17.8 Å². The first-order valence-electron chi connectivity index (χ1n) is 8.83. The Hall–Kier alpha value is -3.39. The van der Waals surface area contributed by atoms with Crippen LogP contribution in [0.15, 0.2) is 42.5 Å². The zero-order valence-corrected chi connectivity index (χ0v) is 15.1. The van der Waals surface area contributed by atoms with E-state index in [2.05, 4.69) is 10.6 Å². The molecule has 0 saturated heterocycles. The molecule has 0 unspecified atom stereocenters. The molecular formula is C20H21N3O5. The van der Waals surface area contributed by atoms with Crippen molar-refractivity contribution >= 4 is 29.2 Å². The molecule has 0 fully saturated rings. The topological polar surface area (TPSA) is 131 Å². The van der Waals surface area contributed by atoms with Crippen molar-refractivity contribution in [1.29, 1.82) is 0 Å². The van der Waals surface area contributed by atoms with E-state index in [0.717, 1.165) is 16.8 Å². The van der Waals surface area contributed by atoms with E-state index in [1.807, 2.05) is 18.2 Å². The van der Waals surface area contributed by atoms with Crippen molar-refractivity contribution in [2.75, 3.05) is 10.6 Å². The lowest BCUT2D eigenvalue weighted by Crippen LogP contribution is -2.36. The highest BCUT2D eigenvalue weighted by Gasteiger charge is 2.18. The van der Waals surface area contributed by atoms with Gasteiger partial charge in [0.25, 0.3) is 0 Å². The SMILES string of the molecule is N[C@@H](CCC(=O)O)C(=O)Nc1cccc(COc2ccc3c(c2)CC(=O)N3)c1. The molecule has 1 heterocycles. The fourth-order valence-corrected chi connectivity index (χ4v) is 2.85. The van der Waals surface area contributed by atoms with Gasteiger partial charge >= 0.3 is 5.97 Å². The molecule has 28 heavy (non-hydrogen) atoms. The predicted molar refractivity (Wildman–Crippen MR) is 103 cm³/mol. The molecule has 2 amide bonds. The summed E-state index contributed by atoms with van der Waals surface area (Å²) in [6.45, 7) is 0.287. The third-order valence-electron chi connectivity index (χ3n) is 4.31. The molecule has 2 aromatic carbocycles. The maximum absolute atomic E-state index is 12.1. The highest BCUT2D eigenvalue weighted by molar-refractivity contribution is 5.99. The minimum absolute atomic E-state index is 0.0304. The van der Waals surface area contributed by atoms with E-state index in [9.17, 15) is 14.4 Å². The van der Waals surface area contributed by atoms with Gasteiger partial charge in [-0.1, -0.05) is 12.1 Å². The first kappa shape index (κ1) is 19.4. The van der Waals surface area contributed by atoms with Crippen LogP contribution in [-0.4, -0.2) is 28.9 Å². The van der Waals surface area contributed by atoms with E-state index in [1.165, 1.54) is 0 Å². The number of carbonyl (C=O) groups excluding carboxylic acids is 2. The van der Waals surface area contributed by atoms with Crippen molar-refractivity contribution in [3.63, 3.8) is 0 Å². The van der Waals surface area contributed by atoms with Crippen LogP contribution in [-0.2, 0) is 27.4 Å². The van der Waals surface area contributed by atoms with Crippen molar-refractivity contribution in [2.45, 2.75) is 31.9 Å². The number of nitrogens with one attached hydrogen (secondary N) is 2. The van der Waals surface area contributed by atoms with E-state index in [0.29, 0.717) is 17.9 Å². The Bertz CT molecular complexity index is 912. The molecule has 0 aromatic heterocycles. The molecule has 0 aliphatic carbocycles. The maximum Gasteiger partial charge on any atom is 0.303 e. The number of anilines is 2. The van der Waals surface area contributed by atoms with Gasteiger partial charge in [0.05, 0.1) is 12.5 Å². The smallest absolute Gasteiger partial charge is 0.303 e. The van der Waals surface area contributed by atoms with E-state index in [4.69, 9.17) is 15.6 Å². The Kier molecular flexibility index (Phi) is 5.90. The summed E-state index contributed by atoms with van der Waals surface area (Å²) in [5.74, 6) is -0.804. The molecule has 0 radical (unpaired) electrons. The fourth-order valence-electron chi connectivity index (χ4n) is 2.85. The molecule has 8 nitrogen and oxygen atoms in total. The van der Waals surface area contributed by atoms with Crippen molar-refractivity contribution in [3.8, 4) is 5.75 Å². The summed E-state index contributed by atoms with van der Waals surface area (Å²) < 4.78 is 5.78. The highest BCUT2D eigenvalue weighted by Crippen LogP contribution is 2.27. The number of carboxylic acid groups (broad SMARTS) is 1. The number of ether oxygens (including phenoxy) is 1. The lowest BCUT2D eigenvalue weighted by Gasteiger charge is -2.13. The minimum Gasteiger partial charge on any atom is -0.489 e. The summed E-state index contributed by atoms with van der Waals surface area (Å²) in [5.41, 5.74) is 8.82. The summed E-state index contributed by atoms with van der Waals surface area (Å²) >= 11 is 0. The molecule has 8 heteroatoms. The van der Waals surface area contributed by atoms with Gasteiger partial charge < -0.3 is 26.2 Å². The van der Waals surface area contributed by atoms with Crippen LogP contribution in [0.2, 0.25) is 0 Å².